The molecule has 0 spiro atoms. The van der Waals surface area contributed by atoms with E-state index in [-0.39, 0.29) is 10.8 Å². The zero-order valence-electron chi connectivity index (χ0n) is 15.7. The fourth-order valence-electron chi connectivity index (χ4n) is 3.14. The van der Waals surface area contributed by atoms with Crippen molar-refractivity contribution in [2.75, 3.05) is 18.0 Å². The van der Waals surface area contributed by atoms with E-state index in [1.54, 1.807) is 0 Å². The first-order chi connectivity index (χ1) is 10.0. The van der Waals surface area contributed by atoms with Crippen molar-refractivity contribution < 1.29 is 4.58 Å². The molecule has 2 nitrogen and oxygen atoms in total. The van der Waals surface area contributed by atoms with E-state index in [4.69, 9.17) is 0 Å². The van der Waals surface area contributed by atoms with Crippen molar-refractivity contribution in [3.63, 3.8) is 0 Å². The van der Waals surface area contributed by atoms with Gasteiger partial charge in [0.25, 0.3) is 0 Å². The summed E-state index contributed by atoms with van der Waals surface area (Å²) in [5.41, 5.74) is 4.61. The summed E-state index contributed by atoms with van der Waals surface area (Å²) in [6, 6.07) is 7.39. The van der Waals surface area contributed by atoms with Crippen LogP contribution in [-0.2, 0) is 10.8 Å². The zero-order chi connectivity index (χ0) is 16.7. The number of nitrogens with zero attached hydrogens (tertiary/aromatic N) is 2. The van der Waals surface area contributed by atoms with Gasteiger partial charge in [0, 0.05) is 11.1 Å². The van der Waals surface area contributed by atoms with Gasteiger partial charge in [0.05, 0.1) is 6.04 Å². The smallest absolute Gasteiger partial charge is 0.239 e. The Morgan fingerprint density at radius 1 is 0.955 bits per heavy atom. The molecule has 0 amide bonds. The van der Waals surface area contributed by atoms with E-state index in [0.29, 0.717) is 6.04 Å². The van der Waals surface area contributed by atoms with Crippen LogP contribution in [0.3, 0.4) is 0 Å². The van der Waals surface area contributed by atoms with Crippen LogP contribution in [0.5, 0.6) is 0 Å². The molecule has 0 bridgehead atoms. The van der Waals surface area contributed by atoms with Gasteiger partial charge in [-0.2, -0.15) is 0 Å². The highest BCUT2D eigenvalue weighted by Gasteiger charge is 2.34. The lowest BCUT2D eigenvalue weighted by molar-refractivity contribution is -0.545. The van der Waals surface area contributed by atoms with E-state index >= 15 is 0 Å². The van der Waals surface area contributed by atoms with Gasteiger partial charge in [0.15, 0.2) is 0 Å². The molecule has 0 atom stereocenters. The monoisotopic (exact) mass is 301 g/mol. The van der Waals surface area contributed by atoms with Crippen LogP contribution in [0.15, 0.2) is 18.2 Å². The molecule has 0 unspecified atom stereocenters. The Labute approximate surface area is 136 Å². The van der Waals surface area contributed by atoms with Gasteiger partial charge in [-0.25, -0.2) is 4.90 Å². The summed E-state index contributed by atoms with van der Waals surface area (Å²) >= 11 is 0. The minimum Gasteiger partial charge on any atom is -0.262 e. The first kappa shape index (κ1) is 17.1. The van der Waals surface area contributed by atoms with Gasteiger partial charge in [-0.05, 0) is 24.7 Å². The van der Waals surface area contributed by atoms with Crippen LogP contribution >= 0.6 is 0 Å². The Morgan fingerprint density at radius 3 is 1.82 bits per heavy atom. The van der Waals surface area contributed by atoms with E-state index in [9.17, 15) is 0 Å². The molecule has 0 radical (unpaired) electrons. The molecule has 0 saturated carbocycles. The molecule has 1 heterocycles. The van der Waals surface area contributed by atoms with E-state index in [1.807, 2.05) is 0 Å². The second kappa shape index (κ2) is 5.72. The Bertz CT molecular complexity index is 536. The van der Waals surface area contributed by atoms with Gasteiger partial charge in [-0.1, -0.05) is 59.7 Å². The molecular formula is C20H33N2+. The van der Waals surface area contributed by atoms with Crippen molar-refractivity contribution in [3.05, 3.63) is 29.3 Å². The number of hydrogen-bond acceptors (Lipinski definition) is 1. The largest absolute Gasteiger partial charge is 0.262 e. The van der Waals surface area contributed by atoms with Gasteiger partial charge in [-0.3, -0.25) is 4.58 Å². The van der Waals surface area contributed by atoms with Crippen LogP contribution in [0.25, 0.3) is 0 Å². The van der Waals surface area contributed by atoms with Crippen molar-refractivity contribution in [1.82, 2.24) is 0 Å². The molecule has 1 aliphatic heterocycles. The molecule has 1 aromatic rings. The van der Waals surface area contributed by atoms with Gasteiger partial charge < -0.3 is 0 Å². The van der Waals surface area contributed by atoms with Gasteiger partial charge in [0.2, 0.25) is 6.34 Å². The molecule has 0 fully saturated rings. The molecule has 2 heteroatoms. The van der Waals surface area contributed by atoms with Crippen LogP contribution in [0.1, 0.15) is 66.5 Å². The third-order valence-corrected chi connectivity index (χ3v) is 4.49. The molecule has 0 aliphatic carbocycles. The van der Waals surface area contributed by atoms with Gasteiger partial charge in [0.1, 0.15) is 18.8 Å². The topological polar surface area (TPSA) is 6.25 Å². The predicted molar refractivity (Wildman–Crippen MR) is 97.5 cm³/mol. The van der Waals surface area contributed by atoms with Crippen molar-refractivity contribution >= 4 is 12.0 Å². The van der Waals surface area contributed by atoms with Crippen LogP contribution in [-0.4, -0.2) is 30.0 Å². The van der Waals surface area contributed by atoms with Gasteiger partial charge in [-0.15, -0.1) is 0 Å². The maximum atomic E-state index is 2.47. The summed E-state index contributed by atoms with van der Waals surface area (Å²) in [4.78, 5) is 2.47. The molecule has 122 valence electrons. The second-order valence-electron chi connectivity index (χ2n) is 8.84. The lowest BCUT2D eigenvalue weighted by Gasteiger charge is -2.30. The molecule has 0 saturated heterocycles. The Hall–Kier alpha value is -1.31. The summed E-state index contributed by atoms with van der Waals surface area (Å²) in [5, 5.41) is 0. The third-order valence-electron chi connectivity index (χ3n) is 4.49. The molecule has 0 N–H and O–H groups in total. The summed E-state index contributed by atoms with van der Waals surface area (Å²) < 4.78 is 2.44. The fraction of sp³-hybridized carbons (Fsp3) is 0.650. The van der Waals surface area contributed by atoms with Crippen LogP contribution in [0, 0.1) is 0 Å². The minimum atomic E-state index is 0.148. The highest BCUT2D eigenvalue weighted by atomic mass is 15.3. The quantitative estimate of drug-likeness (QED) is 0.726. The number of rotatable bonds is 2. The summed E-state index contributed by atoms with van der Waals surface area (Å²) in [7, 11) is 0. The number of para-hydroxylation sites is 1. The normalized spacial score (nSPS) is 16.4. The van der Waals surface area contributed by atoms with E-state index in [1.165, 1.54) is 16.8 Å². The second-order valence-corrected chi connectivity index (χ2v) is 8.84. The fourth-order valence-corrected chi connectivity index (χ4v) is 3.14. The van der Waals surface area contributed by atoms with Crippen LogP contribution in [0.2, 0.25) is 0 Å². The molecular weight excluding hydrogens is 268 g/mol. The summed E-state index contributed by atoms with van der Waals surface area (Å²) in [6.45, 7) is 20.6. The van der Waals surface area contributed by atoms with Crippen molar-refractivity contribution in [3.8, 4) is 0 Å². The predicted octanol–water partition coefficient (Wildman–Crippen LogP) is 4.55. The van der Waals surface area contributed by atoms with E-state index < -0.39 is 0 Å². The molecule has 0 aromatic heterocycles. The maximum absolute atomic E-state index is 2.47. The van der Waals surface area contributed by atoms with E-state index in [2.05, 4.69) is 89.4 Å². The van der Waals surface area contributed by atoms with Crippen molar-refractivity contribution in [2.45, 2.75) is 72.3 Å². The first-order valence-electron chi connectivity index (χ1n) is 8.53. The zero-order valence-corrected chi connectivity index (χ0v) is 15.7. The number of hydrogen-bond donors (Lipinski definition) is 0. The molecule has 22 heavy (non-hydrogen) atoms. The number of benzene rings is 1. The lowest BCUT2D eigenvalue weighted by atomic mass is 9.78. The van der Waals surface area contributed by atoms with Crippen LogP contribution in [0.4, 0.5) is 5.69 Å². The summed E-state index contributed by atoms with van der Waals surface area (Å²) in [5.74, 6) is 0. The number of anilines is 1. The average molecular weight is 301 g/mol. The first-order valence-corrected chi connectivity index (χ1v) is 8.53. The Morgan fingerprint density at radius 2 is 1.45 bits per heavy atom. The van der Waals surface area contributed by atoms with Gasteiger partial charge >= 0.3 is 0 Å². The van der Waals surface area contributed by atoms with Crippen molar-refractivity contribution in [2.24, 2.45) is 0 Å². The standard InChI is InChI=1S/C20H33N2/c1-15(2)21-12-13-22(14-21)18-16(19(3,4)5)10-9-11-17(18)20(6,7)8/h9-11,14-15H,12-13H2,1-8H3/q+1. The maximum Gasteiger partial charge on any atom is 0.239 e. The Kier molecular flexibility index (Phi) is 4.43. The van der Waals surface area contributed by atoms with Crippen LogP contribution < -0.4 is 4.90 Å². The van der Waals surface area contributed by atoms with Crippen molar-refractivity contribution in [1.29, 1.82) is 0 Å². The lowest BCUT2D eigenvalue weighted by Crippen LogP contribution is -2.28. The highest BCUT2D eigenvalue weighted by molar-refractivity contribution is 5.82. The molecule has 1 aromatic carbocycles. The molecule has 2 rings (SSSR count). The molecule has 1 aliphatic rings. The summed E-state index contributed by atoms with van der Waals surface area (Å²) in [6.07, 6.45) is 2.32. The SMILES string of the molecule is CC(C)[N+]1=CN(c2c(C(C)(C)C)cccc2C(C)(C)C)CC1. The van der Waals surface area contributed by atoms with E-state index in [0.717, 1.165) is 13.1 Å². The highest BCUT2D eigenvalue weighted by Crippen LogP contribution is 2.40. The Balaban J connectivity index is 2.62. The minimum absolute atomic E-state index is 0.148. The third kappa shape index (κ3) is 3.37. The average Bonchev–Trinajstić information content (AvgIpc) is 2.85.